The zero-order valence-corrected chi connectivity index (χ0v) is 15.1. The molecule has 0 fully saturated rings. The Hall–Kier alpha value is -1.98. The molecule has 118 valence electrons. The lowest BCUT2D eigenvalue weighted by Crippen LogP contribution is -2.14. The Bertz CT molecular complexity index is 868. The molecule has 3 rings (SSSR count). The molecule has 1 aromatic carbocycles. The Labute approximate surface area is 144 Å². The summed E-state index contributed by atoms with van der Waals surface area (Å²) in [6.45, 7) is 6.25. The van der Waals surface area contributed by atoms with E-state index in [-0.39, 0.29) is 6.04 Å². The summed E-state index contributed by atoms with van der Waals surface area (Å²) in [5, 5.41) is 8.91. The summed E-state index contributed by atoms with van der Waals surface area (Å²) >= 11 is 3.35. The number of thiazole rings is 1. The van der Waals surface area contributed by atoms with Crippen molar-refractivity contribution in [3.05, 3.63) is 63.1 Å². The smallest absolute Gasteiger partial charge is 0.206 e. The lowest BCUT2D eigenvalue weighted by Gasteiger charge is -2.02. The van der Waals surface area contributed by atoms with E-state index < -0.39 is 0 Å². The molecule has 2 aromatic heterocycles. The molecule has 0 saturated heterocycles. The number of thiophene rings is 1. The van der Waals surface area contributed by atoms with E-state index in [0.29, 0.717) is 0 Å². The minimum atomic E-state index is 0.241. The van der Waals surface area contributed by atoms with Crippen molar-refractivity contribution in [1.82, 2.24) is 4.68 Å². The minimum absolute atomic E-state index is 0.241. The van der Waals surface area contributed by atoms with Crippen molar-refractivity contribution in [2.45, 2.75) is 26.8 Å². The Kier molecular flexibility index (Phi) is 4.88. The number of rotatable bonds is 4. The highest BCUT2D eigenvalue weighted by molar-refractivity contribution is 7.14. The summed E-state index contributed by atoms with van der Waals surface area (Å²) in [7, 11) is 0. The molecule has 0 aliphatic carbocycles. The Morgan fingerprint density at radius 2 is 2.00 bits per heavy atom. The average molecular weight is 342 g/mol. The van der Waals surface area contributed by atoms with E-state index in [1.54, 1.807) is 22.7 Å². The van der Waals surface area contributed by atoms with Gasteiger partial charge in [-0.2, -0.15) is 5.10 Å². The zero-order chi connectivity index (χ0) is 16.2. The Morgan fingerprint density at radius 3 is 2.70 bits per heavy atom. The van der Waals surface area contributed by atoms with Gasteiger partial charge in [0.1, 0.15) is 0 Å². The predicted octanol–water partition coefficient (Wildman–Crippen LogP) is 4.78. The quantitative estimate of drug-likeness (QED) is 0.612. The molecule has 3 nitrogen and oxygen atoms in total. The maximum absolute atomic E-state index is 4.70. The maximum atomic E-state index is 4.70. The fourth-order valence-electron chi connectivity index (χ4n) is 2.19. The summed E-state index contributed by atoms with van der Waals surface area (Å²) in [4.78, 5) is 6.82. The van der Waals surface area contributed by atoms with Crippen LogP contribution in [0.2, 0.25) is 0 Å². The van der Waals surface area contributed by atoms with E-state index in [0.717, 1.165) is 16.1 Å². The van der Waals surface area contributed by atoms with Crippen LogP contribution in [0.3, 0.4) is 0 Å². The topological polar surface area (TPSA) is 29.6 Å². The normalized spacial score (nSPS) is 12.6. The first-order valence-electron chi connectivity index (χ1n) is 7.53. The van der Waals surface area contributed by atoms with Gasteiger partial charge in [0, 0.05) is 11.4 Å². The number of aromatic nitrogens is 1. The first kappa shape index (κ1) is 15.9. The van der Waals surface area contributed by atoms with Crippen molar-refractivity contribution in [1.29, 1.82) is 0 Å². The monoisotopic (exact) mass is 341 g/mol. The van der Waals surface area contributed by atoms with Gasteiger partial charge in [0.2, 0.25) is 4.80 Å². The van der Waals surface area contributed by atoms with Gasteiger partial charge in [-0.15, -0.1) is 22.7 Å². The fraction of sp³-hybridized carbons (Fsp3) is 0.222. The number of benzene rings is 1. The number of aryl methyl sites for hydroxylation is 1. The van der Waals surface area contributed by atoms with E-state index in [2.05, 4.69) is 67.9 Å². The van der Waals surface area contributed by atoms with Crippen LogP contribution in [0.15, 0.2) is 57.3 Å². The number of nitrogens with zero attached hydrogens (tertiary/aromatic N) is 3. The van der Waals surface area contributed by atoms with E-state index >= 15 is 0 Å². The third-order valence-corrected chi connectivity index (χ3v) is 4.91. The van der Waals surface area contributed by atoms with Crippen LogP contribution >= 0.6 is 22.7 Å². The molecule has 0 atom stereocenters. The highest BCUT2D eigenvalue weighted by Crippen LogP contribution is 2.25. The van der Waals surface area contributed by atoms with E-state index in [1.807, 2.05) is 10.9 Å². The van der Waals surface area contributed by atoms with Crippen LogP contribution in [0, 0.1) is 6.92 Å². The lowest BCUT2D eigenvalue weighted by molar-refractivity contribution is 0.755. The first-order valence-corrected chi connectivity index (χ1v) is 9.28. The first-order chi connectivity index (χ1) is 11.1. The zero-order valence-electron chi connectivity index (χ0n) is 13.4. The summed E-state index contributed by atoms with van der Waals surface area (Å²) in [5.41, 5.74) is 3.42. The van der Waals surface area contributed by atoms with Gasteiger partial charge < -0.3 is 0 Å². The summed E-state index contributed by atoms with van der Waals surface area (Å²) < 4.78 is 1.94. The van der Waals surface area contributed by atoms with Crippen LogP contribution in [0.25, 0.3) is 10.6 Å². The van der Waals surface area contributed by atoms with Gasteiger partial charge >= 0.3 is 0 Å². The molecule has 0 aliphatic heterocycles. The van der Waals surface area contributed by atoms with Crippen LogP contribution in [-0.4, -0.2) is 16.9 Å². The molecular formula is C18H19N3S2. The molecule has 3 aromatic rings. The van der Waals surface area contributed by atoms with Gasteiger partial charge in [0.05, 0.1) is 16.8 Å². The Balaban J connectivity index is 2.07. The molecule has 0 N–H and O–H groups in total. The maximum Gasteiger partial charge on any atom is 0.206 e. The molecule has 0 radical (unpaired) electrons. The molecule has 2 heterocycles. The van der Waals surface area contributed by atoms with Crippen LogP contribution in [-0.2, 0) is 0 Å². The van der Waals surface area contributed by atoms with Crippen molar-refractivity contribution in [2.24, 2.45) is 10.1 Å². The fourth-order valence-corrected chi connectivity index (χ4v) is 3.95. The van der Waals surface area contributed by atoms with Gasteiger partial charge in [0.15, 0.2) is 0 Å². The van der Waals surface area contributed by atoms with Crippen molar-refractivity contribution in [3.63, 3.8) is 0 Å². The van der Waals surface area contributed by atoms with Crippen LogP contribution < -0.4 is 4.80 Å². The summed E-state index contributed by atoms with van der Waals surface area (Å²) in [6.07, 6.45) is 1.90. The second-order valence-corrected chi connectivity index (χ2v) is 7.36. The van der Waals surface area contributed by atoms with Crippen LogP contribution in [0.1, 0.15) is 25.0 Å². The number of hydrogen-bond donors (Lipinski definition) is 0. The summed E-state index contributed by atoms with van der Waals surface area (Å²) in [5.74, 6) is 0. The standard InChI is InChI=1S/C18H19N3S2/c1-13(2)20-18-21(16(12-23-18)17-8-5-9-22-17)19-11-15-7-4-6-14(3)10-15/h4-13H,1-3H3. The third-order valence-electron chi connectivity index (χ3n) is 3.19. The van der Waals surface area contributed by atoms with Crippen molar-refractivity contribution >= 4 is 28.9 Å². The van der Waals surface area contributed by atoms with Gasteiger partial charge in [-0.25, -0.2) is 4.68 Å². The molecule has 0 bridgehead atoms. The third kappa shape index (κ3) is 3.86. The van der Waals surface area contributed by atoms with E-state index in [9.17, 15) is 0 Å². The molecule has 0 saturated carbocycles. The van der Waals surface area contributed by atoms with E-state index in [4.69, 9.17) is 10.1 Å². The second kappa shape index (κ2) is 7.06. The molecular weight excluding hydrogens is 322 g/mol. The molecule has 0 aliphatic rings. The lowest BCUT2D eigenvalue weighted by atomic mass is 10.2. The SMILES string of the molecule is Cc1cccc(C=Nn2c(-c3cccs3)csc2=NC(C)C)c1. The molecule has 23 heavy (non-hydrogen) atoms. The van der Waals surface area contributed by atoms with Crippen LogP contribution in [0.4, 0.5) is 0 Å². The van der Waals surface area contributed by atoms with E-state index in [1.165, 1.54) is 10.4 Å². The summed E-state index contributed by atoms with van der Waals surface area (Å²) in [6, 6.07) is 12.7. The second-order valence-electron chi connectivity index (χ2n) is 5.57. The van der Waals surface area contributed by atoms with Gasteiger partial charge in [-0.3, -0.25) is 4.99 Å². The van der Waals surface area contributed by atoms with Crippen molar-refractivity contribution in [2.75, 3.05) is 0 Å². The predicted molar refractivity (Wildman–Crippen MR) is 100 cm³/mol. The largest absolute Gasteiger partial charge is 0.255 e. The average Bonchev–Trinajstić information content (AvgIpc) is 3.14. The van der Waals surface area contributed by atoms with Crippen molar-refractivity contribution < 1.29 is 0 Å². The number of hydrogen-bond acceptors (Lipinski definition) is 4. The Morgan fingerprint density at radius 1 is 1.13 bits per heavy atom. The molecule has 0 amide bonds. The van der Waals surface area contributed by atoms with Gasteiger partial charge in [-0.1, -0.05) is 35.9 Å². The molecule has 5 heteroatoms. The molecule has 0 spiro atoms. The van der Waals surface area contributed by atoms with Crippen molar-refractivity contribution in [3.8, 4) is 10.6 Å². The van der Waals surface area contributed by atoms with Crippen LogP contribution in [0.5, 0.6) is 0 Å². The molecule has 0 unspecified atom stereocenters. The van der Waals surface area contributed by atoms with Gasteiger partial charge in [0.25, 0.3) is 0 Å². The van der Waals surface area contributed by atoms with Gasteiger partial charge in [-0.05, 0) is 37.8 Å². The minimum Gasteiger partial charge on any atom is -0.255 e. The highest BCUT2D eigenvalue weighted by Gasteiger charge is 2.08. The highest BCUT2D eigenvalue weighted by atomic mass is 32.1.